The number of hydrogen-bond acceptors (Lipinski definition) is 3. The van der Waals surface area contributed by atoms with E-state index < -0.39 is 11.9 Å². The highest BCUT2D eigenvalue weighted by Crippen LogP contribution is 2.19. The maximum Gasteiger partial charge on any atom is 0.307 e. The molecule has 1 heterocycles. The molecular weight excluding hydrogens is 198 g/mol. The number of carbonyl (C=O) groups is 3. The zero-order valence-corrected chi connectivity index (χ0v) is 8.73. The Labute approximate surface area is 88.1 Å². The van der Waals surface area contributed by atoms with Gasteiger partial charge in [-0.2, -0.15) is 0 Å². The van der Waals surface area contributed by atoms with Crippen LogP contribution in [0.2, 0.25) is 0 Å². The van der Waals surface area contributed by atoms with Crippen molar-refractivity contribution in [3.05, 3.63) is 0 Å². The van der Waals surface area contributed by atoms with Gasteiger partial charge in [0.05, 0.1) is 5.92 Å². The Morgan fingerprint density at radius 1 is 1.53 bits per heavy atom. The molecule has 1 rings (SSSR count). The third-order valence-corrected chi connectivity index (χ3v) is 2.54. The molecule has 0 aliphatic carbocycles. The topological polar surface area (TPSA) is 74.7 Å². The predicted molar refractivity (Wildman–Crippen MR) is 52.0 cm³/mol. The molecule has 1 N–H and O–H groups in total. The van der Waals surface area contributed by atoms with Crippen molar-refractivity contribution in [1.82, 2.24) is 4.90 Å². The second kappa shape index (κ2) is 4.91. The summed E-state index contributed by atoms with van der Waals surface area (Å²) in [6, 6.07) is 0. The number of aliphatic carboxylic acids is 1. The molecule has 2 amide bonds. The molecule has 0 spiro atoms. The predicted octanol–water partition coefficient (Wildman–Crippen LogP) is 0.636. The summed E-state index contributed by atoms with van der Waals surface area (Å²) in [6.07, 6.45) is 1.37. The Balaban J connectivity index is 2.56. The first-order valence-electron chi connectivity index (χ1n) is 5.12. The number of carboxylic acid groups (broad SMARTS) is 1. The number of hydrogen-bond donors (Lipinski definition) is 1. The summed E-state index contributed by atoms with van der Waals surface area (Å²) in [7, 11) is 0. The SMILES string of the molecule is CCCC(=O)N1CCC(C(=O)O)CC1=O. The van der Waals surface area contributed by atoms with E-state index in [1.807, 2.05) is 6.92 Å². The van der Waals surface area contributed by atoms with Crippen LogP contribution in [0.1, 0.15) is 32.6 Å². The number of carboxylic acids is 1. The molecule has 1 aliphatic heterocycles. The van der Waals surface area contributed by atoms with E-state index >= 15 is 0 Å². The van der Waals surface area contributed by atoms with Gasteiger partial charge in [0, 0.05) is 19.4 Å². The van der Waals surface area contributed by atoms with Gasteiger partial charge in [0.25, 0.3) is 0 Å². The zero-order chi connectivity index (χ0) is 11.4. The molecule has 1 fully saturated rings. The highest BCUT2D eigenvalue weighted by atomic mass is 16.4. The van der Waals surface area contributed by atoms with Gasteiger partial charge in [0.15, 0.2) is 0 Å². The first kappa shape index (κ1) is 11.7. The van der Waals surface area contributed by atoms with Crippen LogP contribution in [0, 0.1) is 5.92 Å². The van der Waals surface area contributed by atoms with Gasteiger partial charge < -0.3 is 5.11 Å². The maximum absolute atomic E-state index is 11.5. The number of piperidine rings is 1. The van der Waals surface area contributed by atoms with Crippen LogP contribution < -0.4 is 0 Å². The molecule has 1 saturated heterocycles. The van der Waals surface area contributed by atoms with E-state index in [0.29, 0.717) is 19.3 Å². The van der Waals surface area contributed by atoms with Crippen LogP contribution in [0.4, 0.5) is 0 Å². The number of carbonyl (C=O) groups excluding carboxylic acids is 2. The summed E-state index contributed by atoms with van der Waals surface area (Å²) in [5.41, 5.74) is 0. The molecule has 0 aromatic carbocycles. The van der Waals surface area contributed by atoms with Gasteiger partial charge in [-0.05, 0) is 12.8 Å². The van der Waals surface area contributed by atoms with Crippen LogP contribution >= 0.6 is 0 Å². The van der Waals surface area contributed by atoms with E-state index in [1.165, 1.54) is 4.90 Å². The minimum Gasteiger partial charge on any atom is -0.481 e. The average Bonchev–Trinajstić information content (AvgIpc) is 2.17. The minimum atomic E-state index is -0.953. The van der Waals surface area contributed by atoms with E-state index in [4.69, 9.17) is 5.11 Å². The smallest absolute Gasteiger partial charge is 0.307 e. The third-order valence-electron chi connectivity index (χ3n) is 2.54. The molecule has 5 heteroatoms. The molecule has 1 unspecified atom stereocenters. The van der Waals surface area contributed by atoms with Crippen LogP contribution in [0.25, 0.3) is 0 Å². The van der Waals surface area contributed by atoms with E-state index in [2.05, 4.69) is 0 Å². The highest BCUT2D eigenvalue weighted by molar-refractivity contribution is 5.97. The van der Waals surface area contributed by atoms with Gasteiger partial charge in [0.2, 0.25) is 11.8 Å². The van der Waals surface area contributed by atoms with Gasteiger partial charge in [-0.1, -0.05) is 6.92 Å². The standard InChI is InChI=1S/C10H15NO4/c1-2-3-8(12)11-5-4-7(10(14)15)6-9(11)13/h7H,2-6H2,1H3,(H,14,15). The number of likely N-dealkylation sites (tertiary alicyclic amines) is 1. The van der Waals surface area contributed by atoms with Gasteiger partial charge >= 0.3 is 5.97 Å². The number of rotatable bonds is 3. The summed E-state index contributed by atoms with van der Waals surface area (Å²) in [4.78, 5) is 34.7. The fourth-order valence-electron chi connectivity index (χ4n) is 1.66. The first-order valence-corrected chi connectivity index (χ1v) is 5.12. The van der Waals surface area contributed by atoms with Crippen molar-refractivity contribution in [2.75, 3.05) is 6.54 Å². The van der Waals surface area contributed by atoms with Crippen LogP contribution in [-0.4, -0.2) is 34.3 Å². The molecule has 1 atom stereocenters. The van der Waals surface area contributed by atoms with E-state index in [9.17, 15) is 14.4 Å². The van der Waals surface area contributed by atoms with Gasteiger partial charge in [0.1, 0.15) is 0 Å². The van der Waals surface area contributed by atoms with Crippen molar-refractivity contribution in [3.63, 3.8) is 0 Å². The summed E-state index contributed by atoms with van der Waals surface area (Å²) in [6.45, 7) is 2.11. The third kappa shape index (κ3) is 2.78. The van der Waals surface area contributed by atoms with E-state index in [-0.39, 0.29) is 24.8 Å². The second-order valence-electron chi connectivity index (χ2n) is 3.72. The highest BCUT2D eigenvalue weighted by Gasteiger charge is 2.32. The molecule has 15 heavy (non-hydrogen) atoms. The molecule has 0 saturated carbocycles. The lowest BCUT2D eigenvalue weighted by Crippen LogP contribution is -2.44. The van der Waals surface area contributed by atoms with Crippen molar-refractivity contribution in [1.29, 1.82) is 0 Å². The fourth-order valence-corrected chi connectivity index (χ4v) is 1.66. The Kier molecular flexibility index (Phi) is 3.82. The Hall–Kier alpha value is -1.39. The van der Waals surface area contributed by atoms with Crippen LogP contribution in [0.5, 0.6) is 0 Å². The lowest BCUT2D eigenvalue weighted by atomic mass is 9.96. The fraction of sp³-hybridized carbons (Fsp3) is 0.700. The molecule has 0 bridgehead atoms. The van der Waals surface area contributed by atoms with Crippen LogP contribution in [-0.2, 0) is 14.4 Å². The summed E-state index contributed by atoms with van der Waals surface area (Å²) in [5.74, 6) is -2.12. The Bertz CT molecular complexity index is 287. The van der Waals surface area contributed by atoms with Crippen molar-refractivity contribution in [2.24, 2.45) is 5.92 Å². The zero-order valence-electron chi connectivity index (χ0n) is 8.73. The van der Waals surface area contributed by atoms with Crippen molar-refractivity contribution >= 4 is 17.8 Å². The monoisotopic (exact) mass is 213 g/mol. The molecule has 0 radical (unpaired) electrons. The lowest BCUT2D eigenvalue weighted by molar-refractivity contribution is -0.154. The van der Waals surface area contributed by atoms with Gasteiger partial charge in [-0.15, -0.1) is 0 Å². The largest absolute Gasteiger partial charge is 0.481 e. The molecule has 0 aromatic rings. The van der Waals surface area contributed by atoms with Crippen LogP contribution in [0.3, 0.4) is 0 Å². The molecule has 0 aromatic heterocycles. The summed E-state index contributed by atoms with van der Waals surface area (Å²) in [5, 5.41) is 8.73. The summed E-state index contributed by atoms with van der Waals surface area (Å²) < 4.78 is 0. The maximum atomic E-state index is 11.5. The normalized spacial score (nSPS) is 21.5. The van der Waals surface area contributed by atoms with Crippen LogP contribution in [0.15, 0.2) is 0 Å². The van der Waals surface area contributed by atoms with Gasteiger partial charge in [-0.25, -0.2) is 0 Å². The van der Waals surface area contributed by atoms with Gasteiger partial charge in [-0.3, -0.25) is 19.3 Å². The summed E-state index contributed by atoms with van der Waals surface area (Å²) >= 11 is 0. The lowest BCUT2D eigenvalue weighted by Gasteiger charge is -2.28. The number of amides is 2. The van der Waals surface area contributed by atoms with Crippen molar-refractivity contribution in [3.8, 4) is 0 Å². The Morgan fingerprint density at radius 3 is 2.67 bits per heavy atom. The average molecular weight is 213 g/mol. The minimum absolute atomic E-state index is 0.0508. The quantitative estimate of drug-likeness (QED) is 0.746. The molecule has 5 nitrogen and oxygen atoms in total. The van der Waals surface area contributed by atoms with E-state index in [1.54, 1.807) is 0 Å². The number of nitrogens with zero attached hydrogens (tertiary/aromatic N) is 1. The first-order chi connectivity index (χ1) is 7.06. The second-order valence-corrected chi connectivity index (χ2v) is 3.72. The van der Waals surface area contributed by atoms with Crippen molar-refractivity contribution < 1.29 is 19.5 Å². The van der Waals surface area contributed by atoms with E-state index in [0.717, 1.165) is 0 Å². The number of imide groups is 1. The molecule has 84 valence electrons. The molecular formula is C10H15NO4. The Morgan fingerprint density at radius 2 is 2.20 bits per heavy atom. The molecule has 1 aliphatic rings. The van der Waals surface area contributed by atoms with Crippen molar-refractivity contribution in [2.45, 2.75) is 32.6 Å².